The monoisotopic (exact) mass is 377 g/mol. The molecule has 1 unspecified atom stereocenters. The lowest BCUT2D eigenvalue weighted by molar-refractivity contribution is -0.137. The van der Waals surface area contributed by atoms with Gasteiger partial charge in [-0.05, 0) is 34.0 Å². The Labute approximate surface area is 131 Å². The number of aliphatic carboxylic acids is 1. The molecule has 6 nitrogen and oxygen atoms in total. The molecule has 0 saturated heterocycles. The molecule has 0 bridgehead atoms. The number of nitrogens with one attached hydrogen (secondary N) is 1. The number of para-hydroxylation sites is 1. The predicted molar refractivity (Wildman–Crippen MR) is 82.8 cm³/mol. The van der Waals surface area contributed by atoms with Gasteiger partial charge in [0.2, 0.25) is 5.91 Å². The SMILES string of the molecule is CC(C)C(C(=O)O)S(=O)(=O)CC(=O)Nc1ccccc1Br. The van der Waals surface area contributed by atoms with Crippen LogP contribution in [-0.2, 0) is 19.4 Å². The molecule has 1 aromatic carbocycles. The van der Waals surface area contributed by atoms with E-state index in [2.05, 4.69) is 21.2 Å². The zero-order chi connectivity index (χ0) is 16.2. The van der Waals surface area contributed by atoms with Gasteiger partial charge in [-0.2, -0.15) is 0 Å². The number of carbonyl (C=O) groups excluding carboxylic acids is 1. The van der Waals surface area contributed by atoms with Gasteiger partial charge in [0.25, 0.3) is 0 Å². The lowest BCUT2D eigenvalue weighted by Gasteiger charge is -2.16. The zero-order valence-corrected chi connectivity index (χ0v) is 13.9. The third-order valence-electron chi connectivity index (χ3n) is 2.72. The minimum absolute atomic E-state index is 0.425. The molecule has 116 valence electrons. The van der Waals surface area contributed by atoms with Crippen molar-refractivity contribution in [2.45, 2.75) is 19.1 Å². The highest BCUT2D eigenvalue weighted by molar-refractivity contribution is 9.10. The normalized spacial score (nSPS) is 13.0. The van der Waals surface area contributed by atoms with E-state index in [0.29, 0.717) is 10.2 Å². The van der Waals surface area contributed by atoms with E-state index in [-0.39, 0.29) is 0 Å². The molecule has 8 heteroatoms. The van der Waals surface area contributed by atoms with E-state index >= 15 is 0 Å². The van der Waals surface area contributed by atoms with Crippen molar-refractivity contribution in [3.8, 4) is 0 Å². The van der Waals surface area contributed by atoms with Crippen molar-refractivity contribution in [1.29, 1.82) is 0 Å². The van der Waals surface area contributed by atoms with Crippen LogP contribution in [0.4, 0.5) is 5.69 Å². The molecule has 0 heterocycles. The van der Waals surface area contributed by atoms with Gasteiger partial charge < -0.3 is 10.4 Å². The highest BCUT2D eigenvalue weighted by Crippen LogP contribution is 2.21. The Morgan fingerprint density at radius 2 is 1.86 bits per heavy atom. The zero-order valence-electron chi connectivity index (χ0n) is 11.5. The molecule has 0 spiro atoms. The second kappa shape index (κ2) is 7.04. The topological polar surface area (TPSA) is 101 Å². The van der Waals surface area contributed by atoms with Crippen LogP contribution >= 0.6 is 15.9 Å². The fourth-order valence-corrected chi connectivity index (χ4v) is 4.01. The van der Waals surface area contributed by atoms with Gasteiger partial charge in [0.1, 0.15) is 5.75 Å². The van der Waals surface area contributed by atoms with Crippen LogP contribution in [-0.4, -0.2) is 36.4 Å². The quantitative estimate of drug-likeness (QED) is 0.788. The maximum atomic E-state index is 12.0. The second-order valence-corrected chi connectivity index (χ2v) is 7.81. The fourth-order valence-electron chi connectivity index (χ4n) is 1.87. The van der Waals surface area contributed by atoms with Crippen LogP contribution in [0.2, 0.25) is 0 Å². The van der Waals surface area contributed by atoms with Gasteiger partial charge in [-0.25, -0.2) is 8.42 Å². The van der Waals surface area contributed by atoms with Crippen LogP contribution in [0.3, 0.4) is 0 Å². The third-order valence-corrected chi connectivity index (χ3v) is 5.59. The van der Waals surface area contributed by atoms with Crippen molar-refractivity contribution < 1.29 is 23.1 Å². The molecule has 21 heavy (non-hydrogen) atoms. The molecule has 0 radical (unpaired) electrons. The van der Waals surface area contributed by atoms with Crippen molar-refractivity contribution in [1.82, 2.24) is 0 Å². The molecule has 0 aromatic heterocycles. The van der Waals surface area contributed by atoms with E-state index in [9.17, 15) is 18.0 Å². The first-order valence-electron chi connectivity index (χ1n) is 6.14. The molecule has 0 saturated carbocycles. The second-order valence-electron chi connectivity index (χ2n) is 4.84. The van der Waals surface area contributed by atoms with Gasteiger partial charge in [-0.15, -0.1) is 0 Å². The smallest absolute Gasteiger partial charge is 0.322 e. The van der Waals surface area contributed by atoms with E-state index < -0.39 is 38.6 Å². The summed E-state index contributed by atoms with van der Waals surface area (Å²) in [5.74, 6) is -3.71. The Kier molecular flexibility index (Phi) is 5.91. The van der Waals surface area contributed by atoms with Gasteiger partial charge in [-0.1, -0.05) is 26.0 Å². The molecule has 0 aliphatic carbocycles. The number of carboxylic acid groups (broad SMARTS) is 1. The van der Waals surface area contributed by atoms with E-state index in [1.165, 1.54) is 13.8 Å². The summed E-state index contributed by atoms with van der Waals surface area (Å²) in [6, 6.07) is 6.72. The third kappa shape index (κ3) is 4.82. The average Bonchev–Trinajstić information content (AvgIpc) is 2.29. The molecule has 1 rings (SSSR count). The summed E-state index contributed by atoms with van der Waals surface area (Å²) in [5.41, 5.74) is 0.425. The van der Waals surface area contributed by atoms with Gasteiger partial charge in [0.05, 0.1) is 5.69 Å². The lowest BCUT2D eigenvalue weighted by atomic mass is 10.1. The van der Waals surface area contributed by atoms with Crippen LogP contribution in [0.1, 0.15) is 13.8 Å². The first-order valence-corrected chi connectivity index (χ1v) is 8.64. The van der Waals surface area contributed by atoms with E-state index in [0.717, 1.165) is 0 Å². The van der Waals surface area contributed by atoms with Gasteiger partial charge in [0, 0.05) is 4.47 Å². The standard InChI is InChI=1S/C13H16BrNO5S/c1-8(2)12(13(17)18)21(19,20)7-11(16)15-10-6-4-3-5-9(10)14/h3-6,8,12H,7H2,1-2H3,(H,15,16)(H,17,18). The minimum atomic E-state index is -4.08. The van der Waals surface area contributed by atoms with Gasteiger partial charge in [-0.3, -0.25) is 9.59 Å². The fraction of sp³-hybridized carbons (Fsp3) is 0.385. The Morgan fingerprint density at radius 3 is 2.33 bits per heavy atom. The van der Waals surface area contributed by atoms with E-state index in [4.69, 9.17) is 5.11 Å². The number of sulfone groups is 1. The number of anilines is 1. The molecule has 1 atom stereocenters. The first-order chi connectivity index (χ1) is 9.65. The molecule has 0 aliphatic heterocycles. The molecule has 1 aromatic rings. The summed E-state index contributed by atoms with van der Waals surface area (Å²) in [6.45, 7) is 2.98. The highest BCUT2D eigenvalue weighted by Gasteiger charge is 2.36. The molecular weight excluding hydrogens is 362 g/mol. The minimum Gasteiger partial charge on any atom is -0.480 e. The maximum absolute atomic E-state index is 12.0. The van der Waals surface area contributed by atoms with Crippen molar-refractivity contribution in [3.05, 3.63) is 28.7 Å². The summed E-state index contributed by atoms with van der Waals surface area (Å²) in [4.78, 5) is 22.9. The summed E-state index contributed by atoms with van der Waals surface area (Å²) in [5, 5.41) is 9.85. The Morgan fingerprint density at radius 1 is 1.29 bits per heavy atom. The van der Waals surface area contributed by atoms with Crippen molar-refractivity contribution in [3.63, 3.8) is 0 Å². The average molecular weight is 378 g/mol. The molecule has 0 aliphatic rings. The van der Waals surface area contributed by atoms with E-state index in [1.54, 1.807) is 24.3 Å². The largest absolute Gasteiger partial charge is 0.480 e. The Bertz CT molecular complexity index is 642. The van der Waals surface area contributed by atoms with Crippen LogP contribution in [0.15, 0.2) is 28.7 Å². The Hall–Kier alpha value is -1.41. The molecular formula is C13H16BrNO5S. The predicted octanol–water partition coefficient (Wildman–Crippen LogP) is 1.91. The summed E-state index contributed by atoms with van der Waals surface area (Å²) in [7, 11) is -4.08. The van der Waals surface area contributed by atoms with Gasteiger partial charge in [0.15, 0.2) is 15.1 Å². The van der Waals surface area contributed by atoms with Crippen LogP contribution in [0.5, 0.6) is 0 Å². The number of carboxylic acids is 1. The van der Waals surface area contributed by atoms with E-state index in [1.807, 2.05) is 0 Å². The molecule has 0 fully saturated rings. The number of benzene rings is 1. The van der Waals surface area contributed by atoms with Crippen molar-refractivity contribution in [2.75, 3.05) is 11.1 Å². The van der Waals surface area contributed by atoms with Crippen molar-refractivity contribution >= 4 is 43.3 Å². The first kappa shape index (κ1) is 17.6. The summed E-state index contributed by atoms with van der Waals surface area (Å²) >= 11 is 3.22. The lowest BCUT2D eigenvalue weighted by Crippen LogP contribution is -2.39. The number of halogens is 1. The maximum Gasteiger partial charge on any atom is 0.322 e. The molecule has 2 N–H and O–H groups in total. The highest BCUT2D eigenvalue weighted by atomic mass is 79.9. The molecule has 1 amide bonds. The van der Waals surface area contributed by atoms with Crippen molar-refractivity contribution in [2.24, 2.45) is 5.92 Å². The Balaban J connectivity index is 2.87. The number of hydrogen-bond acceptors (Lipinski definition) is 4. The number of carbonyl (C=O) groups is 2. The summed E-state index contributed by atoms with van der Waals surface area (Å²) < 4.78 is 24.7. The number of rotatable bonds is 6. The van der Waals surface area contributed by atoms with Crippen LogP contribution < -0.4 is 5.32 Å². The van der Waals surface area contributed by atoms with Gasteiger partial charge >= 0.3 is 5.97 Å². The van der Waals surface area contributed by atoms with Crippen LogP contribution in [0, 0.1) is 5.92 Å². The van der Waals surface area contributed by atoms with Crippen LogP contribution in [0.25, 0.3) is 0 Å². The number of amides is 1. The number of hydrogen-bond donors (Lipinski definition) is 2. The summed E-state index contributed by atoms with van der Waals surface area (Å²) in [6.07, 6.45) is 0.